The summed E-state index contributed by atoms with van der Waals surface area (Å²) in [5, 5.41) is 0. The van der Waals surface area contributed by atoms with Crippen LogP contribution in [0, 0.1) is 5.92 Å². The maximum atomic E-state index is 2.28. The van der Waals surface area contributed by atoms with E-state index in [4.69, 9.17) is 0 Å². The van der Waals surface area contributed by atoms with Crippen LogP contribution in [0.1, 0.15) is 40.0 Å². The summed E-state index contributed by atoms with van der Waals surface area (Å²) < 4.78 is 0. The van der Waals surface area contributed by atoms with Gasteiger partial charge in [0.05, 0.1) is 0 Å². The molecule has 0 N–H and O–H groups in total. The summed E-state index contributed by atoms with van der Waals surface area (Å²) in [5.41, 5.74) is 3.37. The molecule has 0 heteroatoms. The van der Waals surface area contributed by atoms with Crippen LogP contribution in [0.4, 0.5) is 0 Å². The number of allylic oxidation sites excluding steroid dienone is 2. The van der Waals surface area contributed by atoms with Gasteiger partial charge in [0.25, 0.3) is 0 Å². The number of hydrogen-bond donors (Lipinski definition) is 0. The Kier molecular flexibility index (Phi) is 1.94. The molecule has 0 aromatic rings. The van der Waals surface area contributed by atoms with Crippen molar-refractivity contribution in [2.24, 2.45) is 5.92 Å². The second kappa shape index (κ2) is 2.55. The van der Waals surface area contributed by atoms with Gasteiger partial charge in [-0.3, -0.25) is 0 Å². The third-order valence-corrected chi connectivity index (χ3v) is 2.38. The van der Waals surface area contributed by atoms with E-state index in [9.17, 15) is 0 Å². The van der Waals surface area contributed by atoms with E-state index in [1.807, 2.05) is 0 Å². The molecule has 1 fully saturated rings. The largest absolute Gasteiger partial charge is 0.0716 e. The molecule has 1 saturated carbocycles. The van der Waals surface area contributed by atoms with Crippen LogP contribution in [-0.4, -0.2) is 0 Å². The summed E-state index contributed by atoms with van der Waals surface area (Å²) in [6.07, 6.45) is 4.19. The van der Waals surface area contributed by atoms with E-state index in [2.05, 4.69) is 20.8 Å². The summed E-state index contributed by atoms with van der Waals surface area (Å²) in [6.45, 7) is 6.83. The van der Waals surface area contributed by atoms with E-state index in [0.717, 1.165) is 5.92 Å². The molecule has 0 aromatic heterocycles. The van der Waals surface area contributed by atoms with Gasteiger partial charge in [-0.1, -0.05) is 25.0 Å². The average molecular weight is 124 g/mol. The van der Waals surface area contributed by atoms with Crippen LogP contribution in [0.25, 0.3) is 0 Å². The maximum absolute atomic E-state index is 2.28. The van der Waals surface area contributed by atoms with Gasteiger partial charge in [-0.15, -0.1) is 0 Å². The van der Waals surface area contributed by atoms with Gasteiger partial charge in [-0.05, 0) is 32.1 Å². The Bertz CT molecular complexity index is 123. The average Bonchev–Trinajstić information content (AvgIpc) is 1.60. The van der Waals surface area contributed by atoms with Crippen molar-refractivity contribution in [3.8, 4) is 0 Å². The Balaban J connectivity index is 2.56. The molecule has 52 valence electrons. The van der Waals surface area contributed by atoms with Gasteiger partial charge < -0.3 is 0 Å². The molecule has 0 amide bonds. The molecule has 0 spiro atoms. The van der Waals surface area contributed by atoms with Crippen LogP contribution in [0.5, 0.6) is 0 Å². The second-order valence-corrected chi connectivity index (χ2v) is 3.29. The van der Waals surface area contributed by atoms with E-state index >= 15 is 0 Å². The first-order valence-corrected chi connectivity index (χ1v) is 3.90. The molecule has 0 radical (unpaired) electrons. The fourth-order valence-electron chi connectivity index (χ4n) is 1.16. The highest BCUT2D eigenvalue weighted by Crippen LogP contribution is 2.31. The van der Waals surface area contributed by atoms with Crippen molar-refractivity contribution >= 4 is 0 Å². The van der Waals surface area contributed by atoms with Crippen LogP contribution in [-0.2, 0) is 0 Å². The van der Waals surface area contributed by atoms with Gasteiger partial charge in [0.2, 0.25) is 0 Å². The molecule has 0 unspecified atom stereocenters. The highest BCUT2D eigenvalue weighted by molar-refractivity contribution is 5.18. The summed E-state index contributed by atoms with van der Waals surface area (Å²) in [6, 6.07) is 0. The Labute approximate surface area is 58.0 Å². The van der Waals surface area contributed by atoms with Crippen molar-refractivity contribution in [1.29, 1.82) is 0 Å². The van der Waals surface area contributed by atoms with Crippen LogP contribution in [0.2, 0.25) is 0 Å². The van der Waals surface area contributed by atoms with Gasteiger partial charge in [-0.25, -0.2) is 0 Å². The van der Waals surface area contributed by atoms with Gasteiger partial charge in [0.15, 0.2) is 0 Å². The maximum Gasteiger partial charge on any atom is -0.0260 e. The fraction of sp³-hybridized carbons (Fsp3) is 0.778. The first-order valence-electron chi connectivity index (χ1n) is 3.90. The molecular formula is C9H16. The lowest BCUT2D eigenvalue weighted by Crippen LogP contribution is -2.03. The molecule has 0 aromatic carbocycles. The Morgan fingerprint density at radius 3 is 2.00 bits per heavy atom. The lowest BCUT2D eigenvalue weighted by molar-refractivity contribution is 0.617. The lowest BCUT2D eigenvalue weighted by Gasteiger charge is -2.21. The minimum Gasteiger partial charge on any atom is -0.0716 e. The molecular weight excluding hydrogens is 108 g/mol. The fourth-order valence-corrected chi connectivity index (χ4v) is 1.16. The predicted octanol–water partition coefficient (Wildman–Crippen LogP) is 3.14. The predicted molar refractivity (Wildman–Crippen MR) is 41.4 cm³/mol. The monoisotopic (exact) mass is 124 g/mol. The van der Waals surface area contributed by atoms with Gasteiger partial charge in [0, 0.05) is 0 Å². The Morgan fingerprint density at radius 1 is 1.33 bits per heavy atom. The highest BCUT2D eigenvalue weighted by Gasteiger charge is 2.12. The zero-order chi connectivity index (χ0) is 6.85. The second-order valence-electron chi connectivity index (χ2n) is 3.29. The SMILES string of the molecule is CC(=C1CCC1)C(C)C. The molecule has 9 heavy (non-hydrogen) atoms. The molecule has 0 bridgehead atoms. The van der Waals surface area contributed by atoms with Gasteiger partial charge in [-0.2, -0.15) is 0 Å². The van der Waals surface area contributed by atoms with Crippen LogP contribution in [0.3, 0.4) is 0 Å². The molecule has 0 atom stereocenters. The summed E-state index contributed by atoms with van der Waals surface area (Å²) in [5.74, 6) is 0.778. The van der Waals surface area contributed by atoms with Crippen molar-refractivity contribution in [1.82, 2.24) is 0 Å². The molecule has 1 aliphatic carbocycles. The van der Waals surface area contributed by atoms with E-state index < -0.39 is 0 Å². The summed E-state index contributed by atoms with van der Waals surface area (Å²) in [4.78, 5) is 0. The standard InChI is InChI=1S/C9H16/c1-7(2)8(3)9-5-4-6-9/h7H,4-6H2,1-3H3. The molecule has 0 aliphatic heterocycles. The van der Waals surface area contributed by atoms with E-state index in [1.54, 1.807) is 11.1 Å². The third-order valence-electron chi connectivity index (χ3n) is 2.38. The molecule has 1 aliphatic rings. The molecule has 1 rings (SSSR count). The van der Waals surface area contributed by atoms with Crippen LogP contribution < -0.4 is 0 Å². The Morgan fingerprint density at radius 2 is 1.89 bits per heavy atom. The minimum absolute atomic E-state index is 0.778. The molecule has 0 saturated heterocycles. The lowest BCUT2D eigenvalue weighted by atomic mass is 9.85. The van der Waals surface area contributed by atoms with Crippen molar-refractivity contribution in [2.45, 2.75) is 40.0 Å². The molecule has 0 heterocycles. The van der Waals surface area contributed by atoms with E-state index in [1.165, 1.54) is 19.3 Å². The third kappa shape index (κ3) is 1.35. The quantitative estimate of drug-likeness (QED) is 0.471. The zero-order valence-corrected chi connectivity index (χ0v) is 6.70. The van der Waals surface area contributed by atoms with Gasteiger partial charge in [0.1, 0.15) is 0 Å². The Hall–Kier alpha value is -0.260. The van der Waals surface area contributed by atoms with Crippen LogP contribution in [0.15, 0.2) is 11.1 Å². The smallest absolute Gasteiger partial charge is 0.0260 e. The van der Waals surface area contributed by atoms with Crippen molar-refractivity contribution in [3.63, 3.8) is 0 Å². The molecule has 0 nitrogen and oxygen atoms in total. The first kappa shape index (κ1) is 6.85. The minimum atomic E-state index is 0.778. The number of rotatable bonds is 1. The van der Waals surface area contributed by atoms with Crippen LogP contribution >= 0.6 is 0 Å². The van der Waals surface area contributed by atoms with Crippen molar-refractivity contribution in [2.75, 3.05) is 0 Å². The number of hydrogen-bond acceptors (Lipinski definition) is 0. The van der Waals surface area contributed by atoms with Crippen molar-refractivity contribution < 1.29 is 0 Å². The summed E-state index contributed by atoms with van der Waals surface area (Å²) in [7, 11) is 0. The van der Waals surface area contributed by atoms with Gasteiger partial charge >= 0.3 is 0 Å². The van der Waals surface area contributed by atoms with E-state index in [0.29, 0.717) is 0 Å². The van der Waals surface area contributed by atoms with Crippen molar-refractivity contribution in [3.05, 3.63) is 11.1 Å². The summed E-state index contributed by atoms with van der Waals surface area (Å²) >= 11 is 0. The zero-order valence-electron chi connectivity index (χ0n) is 6.70. The normalized spacial score (nSPS) is 18.0. The van der Waals surface area contributed by atoms with E-state index in [-0.39, 0.29) is 0 Å². The highest BCUT2D eigenvalue weighted by atomic mass is 14.2. The first-order chi connectivity index (χ1) is 4.22. The topological polar surface area (TPSA) is 0 Å².